The van der Waals surface area contributed by atoms with E-state index in [1.165, 1.54) is 6.33 Å². The standard InChI is InChI=1S/C14H18N6O/c1-10-7-19(8-11(2)16-10)14(21)12-3-5-13(6-4-12)20-9-15-17-18-20/h3-6,9-11,16H,7-8H2,1-2H3/t10-,11-/m1/s1. The molecule has 2 heterocycles. The van der Waals surface area contributed by atoms with E-state index in [9.17, 15) is 4.79 Å². The molecule has 110 valence electrons. The molecule has 0 aliphatic carbocycles. The molecule has 1 aromatic heterocycles. The summed E-state index contributed by atoms with van der Waals surface area (Å²) in [7, 11) is 0. The average molecular weight is 286 g/mol. The van der Waals surface area contributed by atoms with Crippen molar-refractivity contribution in [1.29, 1.82) is 0 Å². The second kappa shape index (κ2) is 5.61. The van der Waals surface area contributed by atoms with Crippen LogP contribution in [0.25, 0.3) is 5.69 Å². The van der Waals surface area contributed by atoms with Crippen molar-refractivity contribution in [1.82, 2.24) is 30.4 Å². The molecule has 0 saturated carbocycles. The maximum atomic E-state index is 12.5. The van der Waals surface area contributed by atoms with Gasteiger partial charge in [0.2, 0.25) is 0 Å². The molecule has 0 bridgehead atoms. The van der Waals surface area contributed by atoms with Crippen LogP contribution in [0.5, 0.6) is 0 Å². The predicted octanol–water partition coefficient (Wildman–Crippen LogP) is 0.485. The second-order valence-electron chi connectivity index (χ2n) is 5.48. The van der Waals surface area contributed by atoms with Crippen molar-refractivity contribution in [3.63, 3.8) is 0 Å². The summed E-state index contributed by atoms with van der Waals surface area (Å²) in [5, 5.41) is 14.4. The van der Waals surface area contributed by atoms with E-state index >= 15 is 0 Å². The number of piperazine rings is 1. The van der Waals surface area contributed by atoms with Gasteiger partial charge in [0.15, 0.2) is 0 Å². The summed E-state index contributed by atoms with van der Waals surface area (Å²) in [6.45, 7) is 5.66. The SMILES string of the molecule is C[C@@H]1CN(C(=O)c2ccc(-n3cnnn3)cc2)C[C@@H](C)N1. The number of carbonyl (C=O) groups excluding carboxylic acids is 1. The summed E-state index contributed by atoms with van der Waals surface area (Å²) in [4.78, 5) is 14.4. The van der Waals surface area contributed by atoms with Crippen LogP contribution < -0.4 is 5.32 Å². The quantitative estimate of drug-likeness (QED) is 0.869. The van der Waals surface area contributed by atoms with Gasteiger partial charge in [-0.3, -0.25) is 4.79 Å². The first-order chi connectivity index (χ1) is 10.1. The third kappa shape index (κ3) is 2.92. The van der Waals surface area contributed by atoms with Crippen LogP contribution >= 0.6 is 0 Å². The highest BCUT2D eigenvalue weighted by Gasteiger charge is 2.25. The molecule has 7 heteroatoms. The van der Waals surface area contributed by atoms with Crippen LogP contribution in [-0.4, -0.2) is 56.2 Å². The van der Waals surface area contributed by atoms with Crippen LogP contribution in [-0.2, 0) is 0 Å². The van der Waals surface area contributed by atoms with Gasteiger partial charge in [0.25, 0.3) is 5.91 Å². The zero-order chi connectivity index (χ0) is 14.8. The summed E-state index contributed by atoms with van der Waals surface area (Å²) < 4.78 is 1.56. The number of nitrogens with zero attached hydrogens (tertiary/aromatic N) is 5. The van der Waals surface area contributed by atoms with E-state index in [-0.39, 0.29) is 5.91 Å². The molecular weight excluding hydrogens is 268 g/mol. The van der Waals surface area contributed by atoms with Crippen molar-refractivity contribution in [2.75, 3.05) is 13.1 Å². The molecule has 3 rings (SSSR count). The van der Waals surface area contributed by atoms with Gasteiger partial charge in [-0.15, -0.1) is 5.10 Å². The number of carbonyl (C=O) groups is 1. The molecule has 0 radical (unpaired) electrons. The number of rotatable bonds is 2. The Bertz CT molecular complexity index is 599. The summed E-state index contributed by atoms with van der Waals surface area (Å²) in [6, 6.07) is 7.96. The van der Waals surface area contributed by atoms with Crippen molar-refractivity contribution in [3.05, 3.63) is 36.2 Å². The molecule has 1 aromatic carbocycles. The van der Waals surface area contributed by atoms with Crippen LogP contribution in [0.3, 0.4) is 0 Å². The van der Waals surface area contributed by atoms with E-state index in [1.807, 2.05) is 29.2 Å². The van der Waals surface area contributed by atoms with E-state index in [0.717, 1.165) is 18.8 Å². The Balaban J connectivity index is 1.76. The molecule has 1 amide bonds. The van der Waals surface area contributed by atoms with Gasteiger partial charge in [0.1, 0.15) is 6.33 Å². The Labute approximate surface area is 122 Å². The molecule has 0 unspecified atom stereocenters. The maximum Gasteiger partial charge on any atom is 0.253 e. The Morgan fingerprint density at radius 1 is 1.19 bits per heavy atom. The first kappa shape index (κ1) is 13.7. The number of aromatic nitrogens is 4. The highest BCUT2D eigenvalue weighted by molar-refractivity contribution is 5.94. The number of hydrogen-bond acceptors (Lipinski definition) is 5. The Hall–Kier alpha value is -2.28. The minimum atomic E-state index is 0.0680. The monoisotopic (exact) mass is 286 g/mol. The first-order valence-corrected chi connectivity index (χ1v) is 7.02. The van der Waals surface area contributed by atoms with Crippen LogP contribution in [0.2, 0.25) is 0 Å². The highest BCUT2D eigenvalue weighted by Crippen LogP contribution is 2.13. The fraction of sp³-hybridized carbons (Fsp3) is 0.429. The third-order valence-corrected chi connectivity index (χ3v) is 3.57. The lowest BCUT2D eigenvalue weighted by molar-refractivity contribution is 0.0674. The summed E-state index contributed by atoms with van der Waals surface area (Å²) in [5.74, 6) is 0.0680. The average Bonchev–Trinajstić information content (AvgIpc) is 3.00. The van der Waals surface area contributed by atoms with Gasteiger partial charge in [0, 0.05) is 30.7 Å². The van der Waals surface area contributed by atoms with Crippen molar-refractivity contribution >= 4 is 5.91 Å². The Morgan fingerprint density at radius 2 is 1.86 bits per heavy atom. The molecule has 7 nitrogen and oxygen atoms in total. The van der Waals surface area contributed by atoms with Gasteiger partial charge in [-0.1, -0.05) is 0 Å². The molecule has 0 spiro atoms. The summed E-state index contributed by atoms with van der Waals surface area (Å²) in [6.07, 6.45) is 1.52. The molecule has 1 fully saturated rings. The number of benzene rings is 1. The minimum absolute atomic E-state index is 0.0680. The molecule has 1 aliphatic rings. The maximum absolute atomic E-state index is 12.5. The van der Waals surface area contributed by atoms with Crippen molar-refractivity contribution in [2.45, 2.75) is 25.9 Å². The highest BCUT2D eigenvalue weighted by atomic mass is 16.2. The Morgan fingerprint density at radius 3 is 2.43 bits per heavy atom. The lowest BCUT2D eigenvalue weighted by Crippen LogP contribution is -2.55. The lowest BCUT2D eigenvalue weighted by Gasteiger charge is -2.36. The fourth-order valence-corrected chi connectivity index (χ4v) is 2.71. The molecule has 2 aromatic rings. The van der Waals surface area contributed by atoms with Crippen LogP contribution in [0.4, 0.5) is 0 Å². The zero-order valence-corrected chi connectivity index (χ0v) is 12.1. The topological polar surface area (TPSA) is 75.9 Å². The molecule has 2 atom stereocenters. The smallest absolute Gasteiger partial charge is 0.253 e. The normalized spacial score (nSPS) is 22.3. The number of nitrogens with one attached hydrogen (secondary N) is 1. The van der Waals surface area contributed by atoms with Gasteiger partial charge < -0.3 is 10.2 Å². The predicted molar refractivity (Wildman–Crippen MR) is 77.1 cm³/mol. The Kier molecular flexibility index (Phi) is 3.66. The summed E-state index contributed by atoms with van der Waals surface area (Å²) >= 11 is 0. The van der Waals surface area contributed by atoms with Crippen LogP contribution in [0, 0.1) is 0 Å². The van der Waals surface area contributed by atoms with Crippen molar-refractivity contribution in [3.8, 4) is 5.69 Å². The zero-order valence-electron chi connectivity index (χ0n) is 12.1. The van der Waals surface area contributed by atoms with Crippen LogP contribution in [0.15, 0.2) is 30.6 Å². The molecule has 21 heavy (non-hydrogen) atoms. The number of amides is 1. The first-order valence-electron chi connectivity index (χ1n) is 7.02. The van der Waals surface area contributed by atoms with Gasteiger partial charge in [-0.25, -0.2) is 4.68 Å². The van der Waals surface area contributed by atoms with Crippen LogP contribution in [0.1, 0.15) is 24.2 Å². The van der Waals surface area contributed by atoms with Gasteiger partial charge >= 0.3 is 0 Å². The van der Waals surface area contributed by atoms with Crippen molar-refractivity contribution < 1.29 is 4.79 Å². The van der Waals surface area contributed by atoms with E-state index in [4.69, 9.17) is 0 Å². The van der Waals surface area contributed by atoms with E-state index in [0.29, 0.717) is 17.6 Å². The number of tetrazole rings is 1. The number of hydrogen-bond donors (Lipinski definition) is 1. The second-order valence-corrected chi connectivity index (χ2v) is 5.48. The lowest BCUT2D eigenvalue weighted by atomic mass is 10.1. The third-order valence-electron chi connectivity index (χ3n) is 3.57. The van der Waals surface area contributed by atoms with E-state index in [1.54, 1.807) is 4.68 Å². The molecule has 1 N–H and O–H groups in total. The van der Waals surface area contributed by atoms with E-state index in [2.05, 4.69) is 34.7 Å². The fourth-order valence-electron chi connectivity index (χ4n) is 2.71. The van der Waals surface area contributed by atoms with Gasteiger partial charge in [-0.05, 0) is 48.5 Å². The molecular formula is C14H18N6O. The minimum Gasteiger partial charge on any atom is -0.336 e. The van der Waals surface area contributed by atoms with E-state index < -0.39 is 0 Å². The van der Waals surface area contributed by atoms with Crippen molar-refractivity contribution in [2.24, 2.45) is 0 Å². The van der Waals surface area contributed by atoms with Gasteiger partial charge in [0.05, 0.1) is 5.69 Å². The molecule has 1 aliphatic heterocycles. The largest absolute Gasteiger partial charge is 0.336 e. The molecule has 1 saturated heterocycles. The summed E-state index contributed by atoms with van der Waals surface area (Å²) in [5.41, 5.74) is 1.52. The van der Waals surface area contributed by atoms with Gasteiger partial charge in [-0.2, -0.15) is 0 Å².